The summed E-state index contributed by atoms with van der Waals surface area (Å²) in [6.45, 7) is 4.54. The van der Waals surface area contributed by atoms with E-state index in [1.165, 1.54) is 6.07 Å². The number of rotatable bonds is 5. The average molecular weight is 341 g/mol. The Bertz CT molecular complexity index is 801. The number of benzene rings is 2. The van der Waals surface area contributed by atoms with Gasteiger partial charge in [0, 0.05) is 24.6 Å². The summed E-state index contributed by atoms with van der Waals surface area (Å²) in [7, 11) is 0. The molecule has 0 aromatic heterocycles. The van der Waals surface area contributed by atoms with E-state index < -0.39 is 11.6 Å². The zero-order valence-electron chi connectivity index (χ0n) is 14.4. The number of carbonyl (C=O) groups excluding carboxylic acids is 1. The largest absolute Gasteiger partial charge is 0.300 e. The van der Waals surface area contributed by atoms with Crippen LogP contribution in [-0.2, 0) is 4.79 Å². The minimum atomic E-state index is -0.455. The second kappa shape index (κ2) is 7.28. The number of hydrogen-bond acceptors (Lipinski definition) is 2. The van der Waals surface area contributed by atoms with Gasteiger partial charge in [-0.05, 0) is 36.3 Å². The molecular formula is C21H21F2NO. The van der Waals surface area contributed by atoms with E-state index in [9.17, 15) is 13.6 Å². The Morgan fingerprint density at radius 2 is 1.92 bits per heavy atom. The Morgan fingerprint density at radius 3 is 2.60 bits per heavy atom. The van der Waals surface area contributed by atoms with Crippen LogP contribution in [-0.4, -0.2) is 23.8 Å². The molecule has 0 N–H and O–H groups in total. The van der Waals surface area contributed by atoms with Gasteiger partial charge in [-0.3, -0.25) is 9.69 Å². The maximum Gasteiger partial charge on any atom is 0.133 e. The predicted molar refractivity (Wildman–Crippen MR) is 94.9 cm³/mol. The number of hydrogen-bond donors (Lipinski definition) is 0. The molecule has 0 saturated carbocycles. The van der Waals surface area contributed by atoms with Crippen LogP contribution in [0.2, 0.25) is 0 Å². The smallest absolute Gasteiger partial charge is 0.133 e. The second-order valence-electron chi connectivity index (χ2n) is 6.61. The molecule has 0 saturated heterocycles. The van der Waals surface area contributed by atoms with Crippen LogP contribution in [0.25, 0.3) is 5.57 Å². The van der Waals surface area contributed by atoms with Crippen molar-refractivity contribution < 1.29 is 13.6 Å². The summed E-state index contributed by atoms with van der Waals surface area (Å²) in [6, 6.07) is 13.3. The van der Waals surface area contributed by atoms with E-state index in [1.54, 1.807) is 6.92 Å². The second-order valence-corrected chi connectivity index (χ2v) is 6.61. The Morgan fingerprint density at radius 1 is 1.20 bits per heavy atom. The maximum absolute atomic E-state index is 14.2. The third kappa shape index (κ3) is 3.85. The minimum absolute atomic E-state index is 0.0549. The molecule has 2 aromatic rings. The van der Waals surface area contributed by atoms with Crippen LogP contribution in [0.1, 0.15) is 31.0 Å². The topological polar surface area (TPSA) is 20.3 Å². The van der Waals surface area contributed by atoms with Crippen LogP contribution in [0, 0.1) is 17.6 Å². The summed E-state index contributed by atoms with van der Waals surface area (Å²) in [5.41, 5.74) is 2.12. The van der Waals surface area contributed by atoms with Crippen molar-refractivity contribution in [2.45, 2.75) is 19.9 Å². The number of ketones is 1. The molecule has 2 atom stereocenters. The Hall–Kier alpha value is -2.33. The van der Waals surface area contributed by atoms with Gasteiger partial charge in [-0.15, -0.1) is 0 Å². The van der Waals surface area contributed by atoms with Crippen molar-refractivity contribution in [1.29, 1.82) is 0 Å². The molecule has 1 heterocycles. The van der Waals surface area contributed by atoms with Crippen LogP contribution in [0.5, 0.6) is 0 Å². The average Bonchev–Trinajstić information content (AvgIpc) is 3.01. The highest BCUT2D eigenvalue weighted by atomic mass is 19.1. The number of carbonyl (C=O) groups is 1. The summed E-state index contributed by atoms with van der Waals surface area (Å²) in [6.07, 6.45) is 1.97. The zero-order valence-corrected chi connectivity index (χ0v) is 14.4. The van der Waals surface area contributed by atoms with Gasteiger partial charge < -0.3 is 0 Å². The standard InChI is InChI=1S/C21H21F2NO/c1-14(15(2)25)12-24-13-17(19-11-18(22)8-9-20(19)23)10-21(24)16-6-4-3-5-7-16/h3-11,14,21H,12-13H2,1-2H3/t14?,21-/m0/s1. The lowest BCUT2D eigenvalue weighted by molar-refractivity contribution is -0.120. The molecule has 3 rings (SSSR count). The Balaban J connectivity index is 1.95. The van der Waals surface area contributed by atoms with Crippen molar-refractivity contribution in [3.05, 3.63) is 77.4 Å². The third-order valence-corrected chi connectivity index (χ3v) is 4.74. The van der Waals surface area contributed by atoms with Gasteiger partial charge in [-0.2, -0.15) is 0 Å². The summed E-state index contributed by atoms with van der Waals surface area (Å²) in [4.78, 5) is 13.8. The number of halogens is 2. The summed E-state index contributed by atoms with van der Waals surface area (Å²) in [5.74, 6) is -0.876. The number of Topliss-reactive ketones (excluding diaryl/α,β-unsaturated/α-hetero) is 1. The van der Waals surface area contributed by atoms with E-state index in [0.29, 0.717) is 18.7 Å². The fourth-order valence-corrected chi connectivity index (χ4v) is 3.20. The van der Waals surface area contributed by atoms with Gasteiger partial charge in [0.05, 0.1) is 6.04 Å². The summed E-state index contributed by atoms with van der Waals surface area (Å²) < 4.78 is 27.8. The normalized spacial score (nSPS) is 18.9. The lowest BCUT2D eigenvalue weighted by atomic mass is 10.0. The van der Waals surface area contributed by atoms with Gasteiger partial charge in [-0.25, -0.2) is 8.78 Å². The quantitative estimate of drug-likeness (QED) is 0.790. The summed E-state index contributed by atoms with van der Waals surface area (Å²) >= 11 is 0. The van der Waals surface area contributed by atoms with Crippen molar-refractivity contribution in [2.75, 3.05) is 13.1 Å². The van der Waals surface area contributed by atoms with E-state index in [1.807, 2.05) is 43.3 Å². The fourth-order valence-electron chi connectivity index (χ4n) is 3.20. The highest BCUT2D eigenvalue weighted by Crippen LogP contribution is 2.36. The molecule has 1 aliphatic heterocycles. The SMILES string of the molecule is CC(=O)C(C)CN1CC(c2cc(F)ccc2F)=C[C@H]1c1ccccc1. The Kier molecular flexibility index (Phi) is 5.09. The first kappa shape index (κ1) is 17.5. The summed E-state index contributed by atoms with van der Waals surface area (Å²) in [5, 5.41) is 0. The molecule has 25 heavy (non-hydrogen) atoms. The molecule has 130 valence electrons. The molecule has 0 spiro atoms. The highest BCUT2D eigenvalue weighted by molar-refractivity contribution is 5.78. The third-order valence-electron chi connectivity index (χ3n) is 4.74. The van der Waals surface area contributed by atoms with Crippen molar-refractivity contribution in [1.82, 2.24) is 4.90 Å². The van der Waals surface area contributed by atoms with Crippen LogP contribution < -0.4 is 0 Å². The molecule has 0 aliphatic carbocycles. The van der Waals surface area contributed by atoms with Crippen LogP contribution >= 0.6 is 0 Å². The van der Waals surface area contributed by atoms with Gasteiger partial charge in [-0.1, -0.05) is 43.3 Å². The minimum Gasteiger partial charge on any atom is -0.300 e. The first-order chi connectivity index (χ1) is 12.0. The maximum atomic E-state index is 14.2. The monoisotopic (exact) mass is 341 g/mol. The lowest BCUT2D eigenvalue weighted by Gasteiger charge is -2.27. The van der Waals surface area contributed by atoms with E-state index in [2.05, 4.69) is 4.90 Å². The molecule has 2 nitrogen and oxygen atoms in total. The van der Waals surface area contributed by atoms with Crippen LogP contribution in [0.3, 0.4) is 0 Å². The Labute approximate surface area is 146 Å². The molecular weight excluding hydrogens is 320 g/mol. The van der Waals surface area contributed by atoms with Crippen molar-refractivity contribution in [2.24, 2.45) is 5.92 Å². The molecule has 0 amide bonds. The van der Waals surface area contributed by atoms with Crippen molar-refractivity contribution in [3.63, 3.8) is 0 Å². The fraction of sp³-hybridized carbons (Fsp3) is 0.286. The molecule has 0 fully saturated rings. The molecule has 1 aliphatic rings. The van der Waals surface area contributed by atoms with E-state index in [-0.39, 0.29) is 17.7 Å². The number of nitrogens with zero attached hydrogens (tertiary/aromatic N) is 1. The van der Waals surface area contributed by atoms with Gasteiger partial charge >= 0.3 is 0 Å². The molecule has 0 radical (unpaired) electrons. The molecule has 0 bridgehead atoms. The van der Waals surface area contributed by atoms with Crippen molar-refractivity contribution >= 4 is 11.4 Å². The van der Waals surface area contributed by atoms with Gasteiger partial charge in [0.1, 0.15) is 17.4 Å². The van der Waals surface area contributed by atoms with E-state index in [4.69, 9.17) is 0 Å². The lowest BCUT2D eigenvalue weighted by Crippen LogP contribution is -2.31. The molecule has 1 unspecified atom stereocenters. The first-order valence-corrected chi connectivity index (χ1v) is 8.41. The van der Waals surface area contributed by atoms with Gasteiger partial charge in [0.2, 0.25) is 0 Å². The van der Waals surface area contributed by atoms with Crippen molar-refractivity contribution in [3.8, 4) is 0 Å². The van der Waals surface area contributed by atoms with Crippen LogP contribution in [0.15, 0.2) is 54.6 Å². The van der Waals surface area contributed by atoms with Crippen LogP contribution in [0.4, 0.5) is 8.78 Å². The first-order valence-electron chi connectivity index (χ1n) is 8.41. The zero-order chi connectivity index (χ0) is 18.0. The van der Waals surface area contributed by atoms with Gasteiger partial charge in [0.15, 0.2) is 0 Å². The van der Waals surface area contributed by atoms with E-state index in [0.717, 1.165) is 23.3 Å². The van der Waals surface area contributed by atoms with E-state index >= 15 is 0 Å². The molecule has 2 aromatic carbocycles. The highest BCUT2D eigenvalue weighted by Gasteiger charge is 2.29. The predicted octanol–water partition coefficient (Wildman–Crippen LogP) is 4.63. The van der Waals surface area contributed by atoms with Gasteiger partial charge in [0.25, 0.3) is 0 Å². The molecule has 4 heteroatoms.